The van der Waals surface area contributed by atoms with E-state index in [1.54, 1.807) is 23.0 Å². The zero-order valence-corrected chi connectivity index (χ0v) is 21.1. The van der Waals surface area contributed by atoms with Gasteiger partial charge in [0.15, 0.2) is 5.69 Å². The molecule has 0 aliphatic carbocycles. The molecule has 0 saturated carbocycles. The van der Waals surface area contributed by atoms with Gasteiger partial charge in [-0.05, 0) is 60.7 Å². The van der Waals surface area contributed by atoms with Gasteiger partial charge < -0.3 is 5.32 Å². The molecule has 0 aliphatic heterocycles. The molecule has 4 rings (SSSR count). The number of rotatable bonds is 11. The van der Waals surface area contributed by atoms with Crippen molar-refractivity contribution in [2.24, 2.45) is 0 Å². The largest absolute Gasteiger partial charge is 0.417 e. The molecule has 9 nitrogen and oxygen atoms in total. The van der Waals surface area contributed by atoms with E-state index in [4.69, 9.17) is 0 Å². The summed E-state index contributed by atoms with van der Waals surface area (Å²) in [5.41, 5.74) is 1.59. The summed E-state index contributed by atoms with van der Waals surface area (Å²) in [4.78, 5) is 28.3. The molecule has 1 amide bonds. The van der Waals surface area contributed by atoms with Gasteiger partial charge in [-0.15, -0.1) is 5.10 Å². The topological polar surface area (TPSA) is 116 Å². The molecule has 39 heavy (non-hydrogen) atoms. The van der Waals surface area contributed by atoms with Crippen molar-refractivity contribution >= 4 is 11.7 Å². The molecule has 0 unspecified atom stereocenters. The number of benzene rings is 1. The number of hydrogen-bond donors (Lipinski definition) is 1. The van der Waals surface area contributed by atoms with Crippen LogP contribution in [-0.4, -0.2) is 48.9 Å². The van der Waals surface area contributed by atoms with Crippen molar-refractivity contribution in [2.45, 2.75) is 44.8 Å². The maximum Gasteiger partial charge on any atom is 0.417 e. The van der Waals surface area contributed by atoms with Crippen molar-refractivity contribution in [3.8, 4) is 11.1 Å². The molecular formula is C27H26F3N7O2. The van der Waals surface area contributed by atoms with E-state index in [1.165, 1.54) is 37.5 Å². The van der Waals surface area contributed by atoms with Gasteiger partial charge in [-0.25, -0.2) is 0 Å². The summed E-state index contributed by atoms with van der Waals surface area (Å²) < 4.78 is 41.8. The zero-order valence-electron chi connectivity index (χ0n) is 21.1. The number of unbranched alkanes of at least 4 members (excludes halogenated alkanes) is 1. The fraction of sp³-hybridized carbons (Fsp3) is 0.296. The molecule has 0 atom stereocenters. The highest BCUT2D eigenvalue weighted by Gasteiger charge is 2.33. The molecule has 3 aromatic heterocycles. The number of nitrogens with one attached hydrogen (secondary N) is 1. The molecule has 0 radical (unpaired) electrons. The summed E-state index contributed by atoms with van der Waals surface area (Å²) in [6.07, 6.45) is 0.832. The standard InChI is InChI=1S/C27H26F3N7O2/c1-31-26(39)25-17-37(36-35-25)13-5-4-6-19-9-10-20(34-33-19)15-22(38)16-21-14-18(11-12-32-21)23-7-2-3-8-24(23)27(28,29)30/h2-3,7-12,14,17H,4-6,13,15-16H2,1H3,(H,31,39). The average Bonchev–Trinajstić information content (AvgIpc) is 3.40. The molecule has 1 aromatic carbocycles. The van der Waals surface area contributed by atoms with Crippen LogP contribution in [0.4, 0.5) is 13.2 Å². The molecule has 3 heterocycles. The summed E-state index contributed by atoms with van der Waals surface area (Å²) in [5, 5.41) is 18.6. The van der Waals surface area contributed by atoms with Crippen LogP contribution in [0, 0.1) is 0 Å². The smallest absolute Gasteiger partial charge is 0.354 e. The highest BCUT2D eigenvalue weighted by molar-refractivity contribution is 5.91. The number of pyridine rings is 1. The van der Waals surface area contributed by atoms with Crippen molar-refractivity contribution < 1.29 is 22.8 Å². The quantitative estimate of drug-likeness (QED) is 0.289. The Bertz CT molecular complexity index is 1440. The van der Waals surface area contributed by atoms with E-state index < -0.39 is 11.7 Å². The lowest BCUT2D eigenvalue weighted by Gasteiger charge is -2.13. The van der Waals surface area contributed by atoms with E-state index in [0.717, 1.165) is 24.6 Å². The van der Waals surface area contributed by atoms with Gasteiger partial charge in [0.1, 0.15) is 5.78 Å². The van der Waals surface area contributed by atoms with Gasteiger partial charge in [0.05, 0.1) is 29.6 Å². The summed E-state index contributed by atoms with van der Waals surface area (Å²) >= 11 is 0. The minimum Gasteiger partial charge on any atom is -0.354 e. The number of hydrogen-bond acceptors (Lipinski definition) is 7. The number of ketones is 1. The second-order valence-electron chi connectivity index (χ2n) is 8.89. The zero-order chi connectivity index (χ0) is 27.8. The first-order valence-electron chi connectivity index (χ1n) is 12.3. The van der Waals surface area contributed by atoms with Crippen molar-refractivity contribution in [3.63, 3.8) is 0 Å². The first-order chi connectivity index (χ1) is 18.7. The van der Waals surface area contributed by atoms with E-state index in [-0.39, 0.29) is 35.8 Å². The van der Waals surface area contributed by atoms with Crippen LogP contribution in [0.15, 0.2) is 60.9 Å². The minimum absolute atomic E-state index is 0.0324. The molecule has 0 fully saturated rings. The number of aromatic nitrogens is 6. The lowest BCUT2D eigenvalue weighted by molar-refractivity contribution is -0.137. The average molecular weight is 538 g/mol. The monoisotopic (exact) mass is 537 g/mol. The van der Waals surface area contributed by atoms with E-state index in [0.29, 0.717) is 29.9 Å². The molecule has 12 heteroatoms. The number of alkyl halides is 3. The maximum atomic E-state index is 13.4. The Balaban J connectivity index is 1.27. The number of amides is 1. The molecule has 0 spiro atoms. The van der Waals surface area contributed by atoms with Gasteiger partial charge >= 0.3 is 6.18 Å². The summed E-state index contributed by atoms with van der Waals surface area (Å²) in [6.45, 7) is 0.612. The first-order valence-corrected chi connectivity index (χ1v) is 12.3. The number of halogens is 3. The Morgan fingerprint density at radius 2 is 1.67 bits per heavy atom. The van der Waals surface area contributed by atoms with Crippen LogP contribution in [0.2, 0.25) is 0 Å². The third-order valence-corrected chi connectivity index (χ3v) is 5.96. The van der Waals surface area contributed by atoms with Crippen LogP contribution in [0.25, 0.3) is 11.1 Å². The Hall–Kier alpha value is -4.48. The Morgan fingerprint density at radius 1 is 0.923 bits per heavy atom. The van der Waals surface area contributed by atoms with E-state index in [2.05, 4.69) is 30.8 Å². The molecule has 202 valence electrons. The second-order valence-corrected chi connectivity index (χ2v) is 8.89. The first kappa shape index (κ1) is 27.6. The Kier molecular flexibility index (Phi) is 8.74. The van der Waals surface area contributed by atoms with Crippen LogP contribution in [0.5, 0.6) is 0 Å². The molecule has 0 saturated heterocycles. The van der Waals surface area contributed by atoms with Crippen molar-refractivity contribution in [2.75, 3.05) is 7.05 Å². The summed E-state index contributed by atoms with van der Waals surface area (Å²) in [6, 6.07) is 11.9. The van der Waals surface area contributed by atoms with Gasteiger partial charge in [-0.3, -0.25) is 19.3 Å². The fourth-order valence-corrected chi connectivity index (χ4v) is 4.03. The van der Waals surface area contributed by atoms with Crippen LogP contribution in [0.3, 0.4) is 0 Å². The third kappa shape index (κ3) is 7.53. The number of nitrogens with zero attached hydrogens (tertiary/aromatic N) is 6. The number of aryl methyl sites for hydroxylation is 2. The predicted octanol–water partition coefficient (Wildman–Crippen LogP) is 3.89. The molecule has 4 aromatic rings. The number of Topliss-reactive ketones (excluding diaryl/α,β-unsaturated/α-hetero) is 1. The fourth-order valence-electron chi connectivity index (χ4n) is 4.03. The van der Waals surface area contributed by atoms with Gasteiger partial charge in [-0.2, -0.15) is 23.4 Å². The lowest BCUT2D eigenvalue weighted by Crippen LogP contribution is -2.18. The van der Waals surface area contributed by atoms with Gasteiger partial charge in [0.2, 0.25) is 0 Å². The van der Waals surface area contributed by atoms with E-state index in [1.807, 2.05) is 6.07 Å². The minimum atomic E-state index is -4.49. The van der Waals surface area contributed by atoms with Gasteiger partial charge in [0.25, 0.3) is 5.91 Å². The predicted molar refractivity (Wildman–Crippen MR) is 135 cm³/mol. The number of carbonyl (C=O) groups is 2. The second kappa shape index (κ2) is 12.4. The highest BCUT2D eigenvalue weighted by Crippen LogP contribution is 2.36. The van der Waals surface area contributed by atoms with Gasteiger partial charge in [-0.1, -0.05) is 23.4 Å². The van der Waals surface area contributed by atoms with Crippen molar-refractivity contribution in [1.29, 1.82) is 0 Å². The summed E-state index contributed by atoms with van der Waals surface area (Å²) in [7, 11) is 1.53. The normalized spacial score (nSPS) is 11.4. The summed E-state index contributed by atoms with van der Waals surface area (Å²) in [5.74, 6) is -0.457. The molecule has 0 aliphatic rings. The van der Waals surface area contributed by atoms with Crippen molar-refractivity contribution in [1.82, 2.24) is 35.5 Å². The Labute approximate surface area is 222 Å². The molecular weight excluding hydrogens is 511 g/mol. The highest BCUT2D eigenvalue weighted by atomic mass is 19.4. The van der Waals surface area contributed by atoms with Crippen LogP contribution in [-0.2, 0) is 36.8 Å². The van der Waals surface area contributed by atoms with Crippen LogP contribution in [0.1, 0.15) is 46.0 Å². The lowest BCUT2D eigenvalue weighted by atomic mass is 9.98. The van der Waals surface area contributed by atoms with E-state index >= 15 is 0 Å². The van der Waals surface area contributed by atoms with Crippen LogP contribution >= 0.6 is 0 Å². The molecule has 1 N–H and O–H groups in total. The van der Waals surface area contributed by atoms with Gasteiger partial charge in [0, 0.05) is 31.9 Å². The molecule has 0 bridgehead atoms. The third-order valence-electron chi connectivity index (χ3n) is 5.96. The van der Waals surface area contributed by atoms with E-state index in [9.17, 15) is 22.8 Å². The van der Waals surface area contributed by atoms with Crippen molar-refractivity contribution in [3.05, 3.63) is 89.3 Å². The number of carbonyl (C=O) groups excluding carboxylic acids is 2. The SMILES string of the molecule is CNC(=O)c1cn(CCCCc2ccc(CC(=O)Cc3cc(-c4ccccc4C(F)(F)F)ccn3)nn2)nn1. The maximum absolute atomic E-state index is 13.4. The van der Waals surface area contributed by atoms with Crippen LogP contribution < -0.4 is 5.32 Å². The Morgan fingerprint density at radius 3 is 2.41 bits per heavy atom.